The summed E-state index contributed by atoms with van der Waals surface area (Å²) < 4.78 is 13.8. The standard InChI is InChI=1S/C15H13FN2S/c1-10-6-7-14(12(16)8-10)18-13-4-3-5-15(19-2)11(13)9-17/h3-8,18H,1-2H3. The molecule has 0 unspecified atom stereocenters. The first-order valence-electron chi connectivity index (χ1n) is 5.76. The van der Waals surface area contributed by atoms with Gasteiger partial charge in [-0.1, -0.05) is 12.1 Å². The molecule has 0 fully saturated rings. The first-order chi connectivity index (χ1) is 9.15. The van der Waals surface area contributed by atoms with Crippen molar-refractivity contribution in [2.45, 2.75) is 11.8 Å². The van der Waals surface area contributed by atoms with Gasteiger partial charge in [-0.2, -0.15) is 5.26 Å². The van der Waals surface area contributed by atoms with E-state index in [2.05, 4.69) is 11.4 Å². The summed E-state index contributed by atoms with van der Waals surface area (Å²) in [4.78, 5) is 0.875. The van der Waals surface area contributed by atoms with Crippen LogP contribution in [0.15, 0.2) is 41.3 Å². The Morgan fingerprint density at radius 3 is 2.63 bits per heavy atom. The van der Waals surface area contributed by atoms with E-state index in [-0.39, 0.29) is 5.82 Å². The Labute approximate surface area is 116 Å². The molecule has 19 heavy (non-hydrogen) atoms. The minimum absolute atomic E-state index is 0.321. The number of nitriles is 1. The van der Waals surface area contributed by atoms with Crippen LogP contribution in [0.3, 0.4) is 0 Å². The van der Waals surface area contributed by atoms with Crippen LogP contribution in [0.2, 0.25) is 0 Å². The maximum absolute atomic E-state index is 13.8. The number of thioether (sulfide) groups is 1. The van der Waals surface area contributed by atoms with Crippen LogP contribution in [-0.4, -0.2) is 6.26 Å². The minimum Gasteiger partial charge on any atom is -0.352 e. The van der Waals surface area contributed by atoms with E-state index in [1.54, 1.807) is 12.1 Å². The van der Waals surface area contributed by atoms with E-state index in [1.165, 1.54) is 17.8 Å². The molecule has 2 aromatic carbocycles. The molecule has 2 aromatic rings. The van der Waals surface area contributed by atoms with Crippen LogP contribution >= 0.6 is 11.8 Å². The molecule has 0 amide bonds. The highest BCUT2D eigenvalue weighted by Gasteiger charge is 2.09. The number of nitrogens with zero attached hydrogens (tertiary/aromatic N) is 1. The largest absolute Gasteiger partial charge is 0.352 e. The van der Waals surface area contributed by atoms with Gasteiger partial charge in [-0.15, -0.1) is 11.8 Å². The van der Waals surface area contributed by atoms with Crippen LogP contribution in [0.5, 0.6) is 0 Å². The van der Waals surface area contributed by atoms with Crippen LogP contribution in [0.1, 0.15) is 11.1 Å². The molecule has 0 saturated carbocycles. The Morgan fingerprint density at radius 2 is 2.00 bits per heavy atom. The Bertz CT molecular complexity index is 647. The summed E-state index contributed by atoms with van der Waals surface area (Å²) in [7, 11) is 0. The predicted molar refractivity (Wildman–Crippen MR) is 77.4 cm³/mol. The third kappa shape index (κ3) is 2.88. The van der Waals surface area contributed by atoms with E-state index < -0.39 is 0 Å². The smallest absolute Gasteiger partial charge is 0.146 e. The Kier molecular flexibility index (Phi) is 4.08. The SMILES string of the molecule is CSc1cccc(Nc2ccc(C)cc2F)c1C#N. The quantitative estimate of drug-likeness (QED) is 0.837. The molecule has 0 aliphatic heterocycles. The van der Waals surface area contributed by atoms with Crippen LogP contribution < -0.4 is 5.32 Å². The number of aryl methyl sites for hydroxylation is 1. The van der Waals surface area contributed by atoms with Gasteiger partial charge in [-0.25, -0.2) is 4.39 Å². The highest BCUT2D eigenvalue weighted by molar-refractivity contribution is 7.98. The molecule has 0 atom stereocenters. The van der Waals surface area contributed by atoms with Gasteiger partial charge in [0.05, 0.1) is 16.9 Å². The van der Waals surface area contributed by atoms with Gasteiger partial charge < -0.3 is 5.32 Å². The summed E-state index contributed by atoms with van der Waals surface area (Å²) in [6.45, 7) is 1.84. The number of hydrogen-bond acceptors (Lipinski definition) is 3. The van der Waals surface area contributed by atoms with Crippen LogP contribution in [0, 0.1) is 24.1 Å². The second-order valence-corrected chi connectivity index (χ2v) is 4.95. The Hall–Kier alpha value is -1.99. The lowest BCUT2D eigenvalue weighted by atomic mass is 10.1. The van der Waals surface area contributed by atoms with Gasteiger partial charge >= 0.3 is 0 Å². The van der Waals surface area contributed by atoms with E-state index in [9.17, 15) is 9.65 Å². The molecule has 0 aromatic heterocycles. The Balaban J connectivity index is 2.41. The molecule has 96 valence electrons. The van der Waals surface area contributed by atoms with Crippen LogP contribution in [0.4, 0.5) is 15.8 Å². The molecule has 0 aliphatic carbocycles. The fourth-order valence-electron chi connectivity index (χ4n) is 1.79. The fourth-order valence-corrected chi connectivity index (χ4v) is 2.36. The topological polar surface area (TPSA) is 35.8 Å². The maximum Gasteiger partial charge on any atom is 0.146 e. The van der Waals surface area contributed by atoms with Gasteiger partial charge in [-0.05, 0) is 43.0 Å². The van der Waals surface area contributed by atoms with E-state index in [0.717, 1.165) is 10.5 Å². The predicted octanol–water partition coefficient (Wildman–Crippen LogP) is 4.47. The molecule has 4 heteroatoms. The number of rotatable bonds is 3. The first-order valence-corrected chi connectivity index (χ1v) is 6.98. The van der Waals surface area contributed by atoms with Gasteiger partial charge in [0.1, 0.15) is 11.9 Å². The van der Waals surface area contributed by atoms with E-state index in [1.807, 2.05) is 31.4 Å². The molecule has 2 rings (SSSR count). The monoisotopic (exact) mass is 272 g/mol. The molecule has 0 heterocycles. The lowest BCUT2D eigenvalue weighted by Gasteiger charge is -2.11. The summed E-state index contributed by atoms with van der Waals surface area (Å²) in [5, 5.41) is 12.2. The summed E-state index contributed by atoms with van der Waals surface area (Å²) >= 11 is 1.50. The second kappa shape index (κ2) is 5.77. The van der Waals surface area contributed by atoms with Crippen molar-refractivity contribution in [3.05, 3.63) is 53.3 Å². The van der Waals surface area contributed by atoms with Gasteiger partial charge in [-0.3, -0.25) is 0 Å². The number of hydrogen-bond donors (Lipinski definition) is 1. The number of benzene rings is 2. The average molecular weight is 272 g/mol. The highest BCUT2D eigenvalue weighted by atomic mass is 32.2. The third-order valence-corrected chi connectivity index (χ3v) is 3.53. The molecular formula is C15H13FN2S. The molecular weight excluding hydrogens is 259 g/mol. The molecule has 2 nitrogen and oxygen atoms in total. The normalized spacial score (nSPS) is 10.0. The first kappa shape index (κ1) is 13.4. The zero-order valence-electron chi connectivity index (χ0n) is 10.7. The molecule has 0 spiro atoms. The highest BCUT2D eigenvalue weighted by Crippen LogP contribution is 2.29. The van der Waals surface area contributed by atoms with E-state index in [4.69, 9.17) is 0 Å². The lowest BCUT2D eigenvalue weighted by Crippen LogP contribution is -1.97. The number of nitrogens with one attached hydrogen (secondary N) is 1. The Morgan fingerprint density at radius 1 is 1.21 bits per heavy atom. The minimum atomic E-state index is -0.321. The van der Waals surface area contributed by atoms with Crippen molar-refractivity contribution in [3.63, 3.8) is 0 Å². The van der Waals surface area contributed by atoms with Crippen molar-refractivity contribution in [3.8, 4) is 6.07 Å². The van der Waals surface area contributed by atoms with Crippen molar-refractivity contribution in [1.82, 2.24) is 0 Å². The van der Waals surface area contributed by atoms with Gasteiger partial charge in [0, 0.05) is 4.90 Å². The lowest BCUT2D eigenvalue weighted by molar-refractivity contribution is 0.630. The number of halogens is 1. The zero-order valence-corrected chi connectivity index (χ0v) is 11.5. The zero-order chi connectivity index (χ0) is 13.8. The second-order valence-electron chi connectivity index (χ2n) is 4.10. The van der Waals surface area contributed by atoms with Crippen molar-refractivity contribution in [2.75, 3.05) is 11.6 Å². The molecule has 0 radical (unpaired) electrons. The summed E-state index contributed by atoms with van der Waals surface area (Å²) in [5.74, 6) is -0.321. The number of anilines is 2. The van der Waals surface area contributed by atoms with E-state index in [0.29, 0.717) is 16.9 Å². The molecule has 1 N–H and O–H groups in total. The van der Waals surface area contributed by atoms with Crippen LogP contribution in [0.25, 0.3) is 0 Å². The van der Waals surface area contributed by atoms with Gasteiger partial charge in [0.15, 0.2) is 0 Å². The van der Waals surface area contributed by atoms with Crippen molar-refractivity contribution in [2.24, 2.45) is 0 Å². The van der Waals surface area contributed by atoms with Crippen LogP contribution in [-0.2, 0) is 0 Å². The van der Waals surface area contributed by atoms with Crippen molar-refractivity contribution >= 4 is 23.1 Å². The van der Waals surface area contributed by atoms with Gasteiger partial charge in [0.25, 0.3) is 0 Å². The average Bonchev–Trinajstić information content (AvgIpc) is 2.41. The van der Waals surface area contributed by atoms with E-state index >= 15 is 0 Å². The maximum atomic E-state index is 13.8. The summed E-state index contributed by atoms with van der Waals surface area (Å²) in [6.07, 6.45) is 1.91. The third-order valence-electron chi connectivity index (χ3n) is 2.75. The summed E-state index contributed by atoms with van der Waals surface area (Å²) in [5.41, 5.74) is 2.40. The fraction of sp³-hybridized carbons (Fsp3) is 0.133. The molecule has 0 aliphatic rings. The molecule has 0 bridgehead atoms. The van der Waals surface area contributed by atoms with Crippen molar-refractivity contribution < 1.29 is 4.39 Å². The van der Waals surface area contributed by atoms with Crippen molar-refractivity contribution in [1.29, 1.82) is 5.26 Å². The summed E-state index contributed by atoms with van der Waals surface area (Å²) in [6, 6.07) is 12.6. The molecule has 0 saturated heterocycles. The van der Waals surface area contributed by atoms with Gasteiger partial charge in [0.2, 0.25) is 0 Å².